The van der Waals surface area contributed by atoms with Crippen molar-refractivity contribution in [1.29, 1.82) is 5.26 Å². The predicted molar refractivity (Wildman–Crippen MR) is 161 cm³/mol. The maximum Gasteiger partial charge on any atom is 0.242 e. The molecule has 1 aliphatic rings. The number of rotatable bonds is 12. The number of anilines is 2. The number of carbonyl (C=O) groups excluding carboxylic acids is 2. The smallest absolute Gasteiger partial charge is 0.242 e. The van der Waals surface area contributed by atoms with Crippen LogP contribution in [0.3, 0.4) is 0 Å². The third-order valence-corrected chi connectivity index (χ3v) is 7.44. The van der Waals surface area contributed by atoms with Crippen molar-refractivity contribution in [2.45, 2.75) is 58.9 Å². The van der Waals surface area contributed by atoms with E-state index in [1.165, 1.54) is 0 Å². The number of carbonyl (C=O) groups is 2. The largest absolute Gasteiger partial charge is 0.358 e. The molecule has 2 amide bonds. The number of benzene rings is 3. The summed E-state index contributed by atoms with van der Waals surface area (Å²) in [7, 11) is 0. The molecule has 6 nitrogen and oxygen atoms in total. The van der Waals surface area contributed by atoms with E-state index >= 15 is 0 Å². The van der Waals surface area contributed by atoms with Gasteiger partial charge in [-0.3, -0.25) is 9.59 Å². The van der Waals surface area contributed by atoms with Crippen LogP contribution in [0.2, 0.25) is 0 Å². The standard InChI is InChI=1S/C34H40N4O2/c1-3-20-36(21-4-2)34(40)26-37(25-29-9-6-5-7-10-29)31-17-18-32-30(23-31)11-8-22-38(32)33(39)19-16-27-12-14-28(24-35)15-13-27/h5-7,9-10,12-15,17-18,23H,3-4,8,11,16,19-22,25-26H2,1-2H3. The molecule has 0 saturated heterocycles. The third-order valence-electron chi connectivity index (χ3n) is 7.44. The van der Waals surface area contributed by atoms with Crippen LogP contribution < -0.4 is 9.80 Å². The molecule has 3 aromatic carbocycles. The molecule has 0 bridgehead atoms. The zero-order valence-corrected chi connectivity index (χ0v) is 23.8. The van der Waals surface area contributed by atoms with Crippen LogP contribution in [0, 0.1) is 11.3 Å². The van der Waals surface area contributed by atoms with Gasteiger partial charge in [0.15, 0.2) is 0 Å². The molecule has 0 unspecified atom stereocenters. The molecule has 1 aliphatic heterocycles. The van der Waals surface area contributed by atoms with Crippen molar-refractivity contribution < 1.29 is 9.59 Å². The van der Waals surface area contributed by atoms with Crippen molar-refractivity contribution >= 4 is 23.2 Å². The summed E-state index contributed by atoms with van der Waals surface area (Å²) >= 11 is 0. The number of nitriles is 1. The zero-order chi connectivity index (χ0) is 28.3. The molecule has 0 aromatic heterocycles. The minimum absolute atomic E-state index is 0.115. The molecule has 0 aliphatic carbocycles. The molecule has 6 heteroatoms. The van der Waals surface area contributed by atoms with Gasteiger partial charge in [-0.15, -0.1) is 0 Å². The third kappa shape index (κ3) is 7.51. The first kappa shape index (κ1) is 28.9. The highest BCUT2D eigenvalue weighted by Gasteiger charge is 2.24. The van der Waals surface area contributed by atoms with Crippen LogP contribution in [0.15, 0.2) is 72.8 Å². The van der Waals surface area contributed by atoms with Crippen molar-refractivity contribution in [3.05, 3.63) is 95.1 Å². The van der Waals surface area contributed by atoms with Crippen LogP contribution in [-0.4, -0.2) is 42.9 Å². The molecule has 3 aromatic rings. The SMILES string of the molecule is CCCN(CCC)C(=O)CN(Cc1ccccc1)c1ccc2c(c1)CCCN2C(=O)CCc1ccc(C#N)cc1. The molecular weight excluding hydrogens is 496 g/mol. The minimum atomic E-state index is 0.115. The quantitative estimate of drug-likeness (QED) is 0.279. The Hall–Kier alpha value is -4.11. The van der Waals surface area contributed by atoms with E-state index in [0.717, 1.165) is 66.8 Å². The second-order valence-corrected chi connectivity index (χ2v) is 10.5. The average molecular weight is 537 g/mol. The highest BCUT2D eigenvalue weighted by atomic mass is 16.2. The predicted octanol–water partition coefficient (Wildman–Crippen LogP) is 6.13. The highest BCUT2D eigenvalue weighted by molar-refractivity contribution is 5.95. The zero-order valence-electron chi connectivity index (χ0n) is 23.8. The van der Waals surface area contributed by atoms with Crippen molar-refractivity contribution in [3.63, 3.8) is 0 Å². The van der Waals surface area contributed by atoms with Crippen LogP contribution in [0.25, 0.3) is 0 Å². The fourth-order valence-electron chi connectivity index (χ4n) is 5.38. The lowest BCUT2D eigenvalue weighted by Crippen LogP contribution is -2.41. The molecule has 0 radical (unpaired) electrons. The summed E-state index contributed by atoms with van der Waals surface area (Å²) in [6.45, 7) is 7.45. The number of amides is 2. The van der Waals surface area contributed by atoms with Crippen LogP contribution in [0.4, 0.5) is 11.4 Å². The van der Waals surface area contributed by atoms with Crippen molar-refractivity contribution in [2.75, 3.05) is 36.0 Å². The summed E-state index contributed by atoms with van der Waals surface area (Å²) in [6, 6.07) is 26.1. The molecule has 0 N–H and O–H groups in total. The van der Waals surface area contributed by atoms with Gasteiger partial charge in [0.25, 0.3) is 0 Å². The minimum Gasteiger partial charge on any atom is -0.358 e. The lowest BCUT2D eigenvalue weighted by atomic mass is 9.99. The highest BCUT2D eigenvalue weighted by Crippen LogP contribution is 2.32. The van der Waals surface area contributed by atoms with Gasteiger partial charge >= 0.3 is 0 Å². The Morgan fingerprint density at radius 3 is 2.33 bits per heavy atom. The number of hydrogen-bond donors (Lipinski definition) is 0. The first-order chi connectivity index (χ1) is 19.5. The van der Waals surface area contributed by atoms with Crippen LogP contribution in [0.5, 0.6) is 0 Å². The van der Waals surface area contributed by atoms with E-state index in [1.807, 2.05) is 40.1 Å². The van der Waals surface area contributed by atoms with E-state index in [0.29, 0.717) is 38.0 Å². The van der Waals surface area contributed by atoms with E-state index in [4.69, 9.17) is 5.26 Å². The molecular formula is C34H40N4O2. The van der Waals surface area contributed by atoms with E-state index in [-0.39, 0.29) is 11.8 Å². The van der Waals surface area contributed by atoms with Gasteiger partial charge in [0.2, 0.25) is 11.8 Å². The lowest BCUT2D eigenvalue weighted by molar-refractivity contribution is -0.129. The Kier molecular flexibility index (Phi) is 10.3. The molecule has 0 saturated carbocycles. The normalized spacial score (nSPS) is 12.4. The van der Waals surface area contributed by atoms with Gasteiger partial charge in [0.05, 0.1) is 18.2 Å². The summed E-state index contributed by atoms with van der Waals surface area (Å²) < 4.78 is 0. The number of hydrogen-bond acceptors (Lipinski definition) is 4. The van der Waals surface area contributed by atoms with Crippen LogP contribution in [-0.2, 0) is 29.0 Å². The van der Waals surface area contributed by atoms with Crippen LogP contribution >= 0.6 is 0 Å². The van der Waals surface area contributed by atoms with E-state index in [2.05, 4.69) is 55.1 Å². The monoisotopic (exact) mass is 536 g/mol. The maximum atomic E-state index is 13.4. The maximum absolute atomic E-state index is 13.4. The molecule has 4 rings (SSSR count). The summed E-state index contributed by atoms with van der Waals surface area (Å²) in [5.74, 6) is 0.265. The second kappa shape index (κ2) is 14.3. The summed E-state index contributed by atoms with van der Waals surface area (Å²) in [4.78, 5) is 32.7. The van der Waals surface area contributed by atoms with Gasteiger partial charge < -0.3 is 14.7 Å². The van der Waals surface area contributed by atoms with E-state index < -0.39 is 0 Å². The van der Waals surface area contributed by atoms with Gasteiger partial charge in [-0.1, -0.05) is 56.3 Å². The molecule has 208 valence electrons. The van der Waals surface area contributed by atoms with Gasteiger partial charge in [0.1, 0.15) is 0 Å². The summed E-state index contributed by atoms with van der Waals surface area (Å²) in [5.41, 5.74) is 5.98. The van der Waals surface area contributed by atoms with Crippen molar-refractivity contribution in [2.24, 2.45) is 0 Å². The first-order valence-electron chi connectivity index (χ1n) is 14.5. The molecule has 0 fully saturated rings. The molecule has 0 atom stereocenters. The van der Waals surface area contributed by atoms with Crippen molar-refractivity contribution in [3.8, 4) is 6.07 Å². The Labute approximate surface area is 238 Å². The first-order valence-corrected chi connectivity index (χ1v) is 14.5. The Morgan fingerprint density at radius 1 is 0.925 bits per heavy atom. The fourth-order valence-corrected chi connectivity index (χ4v) is 5.38. The van der Waals surface area contributed by atoms with E-state index in [9.17, 15) is 9.59 Å². The fraction of sp³-hybridized carbons (Fsp3) is 0.382. The Bertz CT molecular complexity index is 1310. The lowest BCUT2D eigenvalue weighted by Gasteiger charge is -2.33. The molecule has 40 heavy (non-hydrogen) atoms. The van der Waals surface area contributed by atoms with Gasteiger partial charge in [-0.05, 0) is 79.1 Å². The molecule has 0 spiro atoms. The Morgan fingerprint density at radius 2 is 1.65 bits per heavy atom. The second-order valence-electron chi connectivity index (χ2n) is 10.5. The number of nitrogens with zero attached hydrogens (tertiary/aromatic N) is 4. The molecule has 1 heterocycles. The van der Waals surface area contributed by atoms with E-state index in [1.54, 1.807) is 12.1 Å². The summed E-state index contributed by atoms with van der Waals surface area (Å²) in [5, 5.41) is 9.02. The van der Waals surface area contributed by atoms with Gasteiger partial charge in [-0.2, -0.15) is 5.26 Å². The number of aryl methyl sites for hydroxylation is 2. The average Bonchev–Trinajstić information content (AvgIpc) is 2.99. The topological polar surface area (TPSA) is 67.7 Å². The van der Waals surface area contributed by atoms with Crippen LogP contribution in [0.1, 0.15) is 61.8 Å². The van der Waals surface area contributed by atoms with Gasteiger partial charge in [-0.25, -0.2) is 0 Å². The number of fused-ring (bicyclic) bond motifs is 1. The summed E-state index contributed by atoms with van der Waals surface area (Å²) in [6.07, 6.45) is 4.78. The van der Waals surface area contributed by atoms with Crippen molar-refractivity contribution in [1.82, 2.24) is 4.90 Å². The Balaban J connectivity index is 1.52. The van der Waals surface area contributed by atoms with Gasteiger partial charge in [0, 0.05) is 44.0 Å².